The number of nitrogens with zero attached hydrogens (tertiary/aromatic N) is 2. The summed E-state index contributed by atoms with van der Waals surface area (Å²) in [7, 11) is 1.41. The Hall–Kier alpha value is -3.08. The van der Waals surface area contributed by atoms with Crippen LogP contribution in [0, 0.1) is 29.1 Å². The first-order chi connectivity index (χ1) is 14.9. The summed E-state index contributed by atoms with van der Waals surface area (Å²) < 4.78 is 5.69. The molecule has 2 aliphatic rings. The van der Waals surface area contributed by atoms with Crippen LogP contribution in [0.5, 0.6) is 0 Å². The second-order valence-corrected chi connectivity index (χ2v) is 8.29. The number of aliphatic hydroxyl groups is 1. The minimum Gasteiger partial charge on any atom is -0.393 e. The molecule has 7 nitrogen and oxygen atoms in total. The maximum atomic E-state index is 13.7. The number of fused-ring (bicyclic) bond motifs is 2. The summed E-state index contributed by atoms with van der Waals surface area (Å²) in [6, 6.07) is 12.5. The molecule has 2 aromatic carbocycles. The van der Waals surface area contributed by atoms with Gasteiger partial charge in [0.25, 0.3) is 0 Å². The molecular weight excluding hydrogens is 396 g/mol. The van der Waals surface area contributed by atoms with Gasteiger partial charge in [-0.1, -0.05) is 37.6 Å². The van der Waals surface area contributed by atoms with Crippen molar-refractivity contribution < 1.29 is 24.2 Å². The number of nitriles is 1. The molecule has 1 aliphatic heterocycles. The van der Waals surface area contributed by atoms with E-state index in [1.165, 1.54) is 7.11 Å². The minimum atomic E-state index is -1.23. The van der Waals surface area contributed by atoms with E-state index in [9.17, 15) is 24.8 Å². The van der Waals surface area contributed by atoms with Gasteiger partial charge in [-0.15, -0.1) is 0 Å². The van der Waals surface area contributed by atoms with Crippen molar-refractivity contribution in [3.05, 3.63) is 42.0 Å². The summed E-state index contributed by atoms with van der Waals surface area (Å²) in [5, 5.41) is 21.5. The van der Waals surface area contributed by atoms with Crippen LogP contribution >= 0.6 is 0 Å². The summed E-state index contributed by atoms with van der Waals surface area (Å²) in [6.07, 6.45) is 0.365. The lowest BCUT2D eigenvalue weighted by molar-refractivity contribution is -0.169. The summed E-state index contributed by atoms with van der Waals surface area (Å²) in [5.74, 6) is -2.89. The van der Waals surface area contributed by atoms with Crippen LogP contribution in [0.15, 0.2) is 36.4 Å². The van der Waals surface area contributed by atoms with Crippen molar-refractivity contribution in [2.75, 3.05) is 12.0 Å². The van der Waals surface area contributed by atoms with Gasteiger partial charge in [0.05, 0.1) is 40.9 Å². The van der Waals surface area contributed by atoms with Crippen LogP contribution in [0.1, 0.15) is 31.7 Å². The van der Waals surface area contributed by atoms with Crippen LogP contribution in [0.2, 0.25) is 0 Å². The average molecular weight is 420 g/mol. The fraction of sp³-hybridized carbons (Fsp3) is 0.417. The van der Waals surface area contributed by atoms with Gasteiger partial charge in [0.15, 0.2) is 0 Å². The minimum absolute atomic E-state index is 0.0842. The summed E-state index contributed by atoms with van der Waals surface area (Å²) in [4.78, 5) is 40.0. The lowest BCUT2D eigenvalue weighted by Crippen LogP contribution is -2.56. The van der Waals surface area contributed by atoms with Gasteiger partial charge in [-0.25, -0.2) is 4.90 Å². The summed E-state index contributed by atoms with van der Waals surface area (Å²) >= 11 is 0. The number of carbonyl (C=O) groups is 3. The number of aliphatic hydroxyl groups excluding tert-OH is 1. The monoisotopic (exact) mass is 420 g/mol. The van der Waals surface area contributed by atoms with Crippen molar-refractivity contribution in [1.29, 1.82) is 5.26 Å². The van der Waals surface area contributed by atoms with Crippen LogP contribution in [0.25, 0.3) is 10.8 Å². The third-order valence-corrected chi connectivity index (χ3v) is 7.00. The molecule has 1 aliphatic carbocycles. The maximum absolute atomic E-state index is 13.7. The Balaban J connectivity index is 1.91. The molecule has 1 saturated heterocycles. The number of hydrogen-bond acceptors (Lipinski definition) is 6. The van der Waals surface area contributed by atoms with Crippen molar-refractivity contribution in [2.45, 2.75) is 37.9 Å². The molecular formula is C24H24N2O5. The molecule has 0 radical (unpaired) electrons. The second-order valence-electron chi connectivity index (χ2n) is 8.29. The predicted molar refractivity (Wildman–Crippen MR) is 113 cm³/mol. The molecule has 160 valence electrons. The van der Waals surface area contributed by atoms with Crippen molar-refractivity contribution >= 4 is 34.6 Å². The van der Waals surface area contributed by atoms with Gasteiger partial charge in [-0.3, -0.25) is 9.59 Å². The second kappa shape index (κ2) is 7.88. The number of anilines is 1. The molecule has 4 rings (SSSR count). The fourth-order valence-electron chi connectivity index (χ4n) is 5.53. The number of imide groups is 1. The zero-order valence-corrected chi connectivity index (χ0v) is 17.4. The molecule has 7 heteroatoms. The van der Waals surface area contributed by atoms with E-state index < -0.39 is 41.3 Å². The van der Waals surface area contributed by atoms with E-state index in [0.717, 1.165) is 4.90 Å². The van der Waals surface area contributed by atoms with E-state index in [2.05, 4.69) is 6.07 Å². The number of methoxy groups -OCH3 is 1. The third kappa shape index (κ3) is 2.98. The zero-order valence-electron chi connectivity index (χ0n) is 17.4. The standard InChI is InChI=1S/C24H24N2O5/c1-3-15-19(28)12-24(31-2,10-11-27)21-20(15)22(29)26(23(21)30)18-9-8-14(13-25)16-6-4-5-7-17(16)18/h4-9,11,15,19-21,28H,3,10,12H2,1-2H3/t15?,19-,20-,21+,24?/m0/s1. The van der Waals surface area contributed by atoms with Crippen LogP contribution in [0.4, 0.5) is 5.69 Å². The van der Waals surface area contributed by atoms with Gasteiger partial charge in [0.1, 0.15) is 6.29 Å². The molecule has 1 heterocycles. The van der Waals surface area contributed by atoms with E-state index in [0.29, 0.717) is 34.7 Å². The Labute approximate surface area is 180 Å². The van der Waals surface area contributed by atoms with Gasteiger partial charge in [0, 0.05) is 30.7 Å². The van der Waals surface area contributed by atoms with Gasteiger partial charge in [-0.2, -0.15) is 5.26 Å². The largest absolute Gasteiger partial charge is 0.393 e. The molecule has 31 heavy (non-hydrogen) atoms. The first-order valence-corrected chi connectivity index (χ1v) is 10.4. The van der Waals surface area contributed by atoms with Gasteiger partial charge >= 0.3 is 0 Å². The maximum Gasteiger partial charge on any atom is 0.240 e. The van der Waals surface area contributed by atoms with Gasteiger partial charge in [0.2, 0.25) is 11.8 Å². The van der Waals surface area contributed by atoms with E-state index in [-0.39, 0.29) is 12.8 Å². The molecule has 0 bridgehead atoms. The quantitative estimate of drug-likeness (QED) is 0.588. The number of carbonyl (C=O) groups excluding carboxylic acids is 3. The summed E-state index contributed by atoms with van der Waals surface area (Å²) in [5.41, 5.74) is -0.383. The number of ether oxygens (including phenoxy) is 1. The van der Waals surface area contributed by atoms with E-state index in [1.807, 2.05) is 6.92 Å². The van der Waals surface area contributed by atoms with Crippen LogP contribution in [0.3, 0.4) is 0 Å². The SMILES string of the molecule is CCC1[C@@H](O)CC(CC=O)(OC)[C@H]2C(=O)N(c3ccc(C#N)c4ccccc34)C(=O)[C@@H]12. The Bertz CT molecular complexity index is 1110. The topological polar surface area (TPSA) is 108 Å². The Morgan fingerprint density at radius 1 is 1.23 bits per heavy atom. The number of hydrogen-bond donors (Lipinski definition) is 1. The molecule has 1 N–H and O–H groups in total. The van der Waals surface area contributed by atoms with E-state index in [4.69, 9.17) is 4.74 Å². The highest BCUT2D eigenvalue weighted by atomic mass is 16.5. The highest BCUT2D eigenvalue weighted by Crippen LogP contribution is 2.52. The molecule has 0 aromatic heterocycles. The molecule has 2 unspecified atom stereocenters. The Morgan fingerprint density at radius 2 is 1.94 bits per heavy atom. The number of rotatable bonds is 5. The van der Waals surface area contributed by atoms with Crippen LogP contribution < -0.4 is 4.90 Å². The van der Waals surface area contributed by atoms with Crippen LogP contribution in [-0.4, -0.2) is 42.0 Å². The average Bonchev–Trinajstić information content (AvgIpc) is 3.04. The highest BCUT2D eigenvalue weighted by Gasteiger charge is 2.64. The first-order valence-electron chi connectivity index (χ1n) is 10.4. The van der Waals surface area contributed by atoms with E-state index in [1.54, 1.807) is 36.4 Å². The number of amides is 2. The number of aldehydes is 1. The molecule has 2 fully saturated rings. The molecule has 2 amide bonds. The molecule has 1 saturated carbocycles. The predicted octanol–water partition coefficient (Wildman–Crippen LogP) is 2.58. The zero-order chi connectivity index (χ0) is 22.3. The van der Waals surface area contributed by atoms with Crippen molar-refractivity contribution in [3.63, 3.8) is 0 Å². The molecule has 5 atom stereocenters. The van der Waals surface area contributed by atoms with Crippen molar-refractivity contribution in [1.82, 2.24) is 0 Å². The van der Waals surface area contributed by atoms with Crippen molar-refractivity contribution in [2.24, 2.45) is 17.8 Å². The normalized spacial score (nSPS) is 30.3. The lowest BCUT2D eigenvalue weighted by atomic mass is 9.62. The van der Waals surface area contributed by atoms with Gasteiger partial charge < -0.3 is 14.6 Å². The molecule has 0 spiro atoms. The lowest BCUT2D eigenvalue weighted by Gasteiger charge is -2.46. The van der Waals surface area contributed by atoms with Crippen LogP contribution in [-0.2, 0) is 19.1 Å². The Kier molecular flexibility index (Phi) is 5.38. The first kappa shape index (κ1) is 21.2. The van der Waals surface area contributed by atoms with Crippen molar-refractivity contribution in [3.8, 4) is 6.07 Å². The smallest absolute Gasteiger partial charge is 0.240 e. The molecule has 2 aromatic rings. The van der Waals surface area contributed by atoms with E-state index >= 15 is 0 Å². The third-order valence-electron chi connectivity index (χ3n) is 7.00. The van der Waals surface area contributed by atoms with Gasteiger partial charge in [-0.05, 0) is 18.1 Å². The number of benzene rings is 2. The summed E-state index contributed by atoms with van der Waals surface area (Å²) in [6.45, 7) is 1.88. The fourth-order valence-corrected chi connectivity index (χ4v) is 5.53. The Morgan fingerprint density at radius 3 is 2.55 bits per heavy atom. The highest BCUT2D eigenvalue weighted by molar-refractivity contribution is 6.25.